The van der Waals surface area contributed by atoms with Crippen LogP contribution < -0.4 is 0 Å². The molecule has 1 aliphatic heterocycles. The number of ether oxygens (including phenoxy) is 2. The summed E-state index contributed by atoms with van der Waals surface area (Å²) in [6.45, 7) is 8.35. The third-order valence-corrected chi connectivity index (χ3v) is 5.68. The summed E-state index contributed by atoms with van der Waals surface area (Å²) in [7, 11) is 1.51. The summed E-state index contributed by atoms with van der Waals surface area (Å²) in [6.07, 6.45) is 10.4. The van der Waals surface area contributed by atoms with Crippen LogP contribution in [0.2, 0.25) is 0 Å². The summed E-state index contributed by atoms with van der Waals surface area (Å²) in [5.41, 5.74) is 1.60. The maximum absolute atomic E-state index is 11.9. The Balaban J connectivity index is 2.12. The SMILES string of the molecule is C=C1CCC(C)C(C)(CCC2=CC(OC)OC2=O)C/C=C\C=C/1C(=O)O. The van der Waals surface area contributed by atoms with Crippen LogP contribution in [0.4, 0.5) is 0 Å². The van der Waals surface area contributed by atoms with E-state index in [1.807, 2.05) is 6.08 Å². The maximum atomic E-state index is 11.9. The van der Waals surface area contributed by atoms with Crippen LogP contribution in [0.1, 0.15) is 46.0 Å². The van der Waals surface area contributed by atoms with Gasteiger partial charge in [-0.1, -0.05) is 32.6 Å². The van der Waals surface area contributed by atoms with Gasteiger partial charge in [0.1, 0.15) is 0 Å². The van der Waals surface area contributed by atoms with Gasteiger partial charge < -0.3 is 14.6 Å². The molecule has 0 aromatic rings. The number of carboxylic acid groups (broad SMARTS) is 1. The molecule has 0 radical (unpaired) electrons. The number of hydrogen-bond acceptors (Lipinski definition) is 4. The first kappa shape index (κ1) is 20.2. The molecular weight excluding hydrogens is 332 g/mol. The minimum absolute atomic E-state index is 0.00236. The van der Waals surface area contributed by atoms with E-state index in [4.69, 9.17) is 9.47 Å². The van der Waals surface area contributed by atoms with E-state index in [-0.39, 0.29) is 17.0 Å². The number of allylic oxidation sites excluding steroid dienone is 3. The average molecular weight is 360 g/mol. The Hall–Kier alpha value is -2.14. The predicted octanol–water partition coefficient (Wildman–Crippen LogP) is 4.17. The average Bonchev–Trinajstić information content (AvgIpc) is 2.96. The fourth-order valence-corrected chi connectivity index (χ4v) is 3.43. The second-order valence-corrected chi connectivity index (χ2v) is 7.42. The van der Waals surface area contributed by atoms with Crippen molar-refractivity contribution in [3.8, 4) is 0 Å². The summed E-state index contributed by atoms with van der Waals surface area (Å²) in [5, 5.41) is 9.31. The number of esters is 1. The van der Waals surface area contributed by atoms with Crippen LogP contribution in [-0.4, -0.2) is 30.4 Å². The number of hydrogen-bond donors (Lipinski definition) is 1. The van der Waals surface area contributed by atoms with Crippen LogP contribution in [-0.2, 0) is 19.1 Å². The van der Waals surface area contributed by atoms with Crippen molar-refractivity contribution in [2.24, 2.45) is 11.3 Å². The van der Waals surface area contributed by atoms with Gasteiger partial charge in [0.05, 0.1) is 5.57 Å². The molecule has 3 unspecified atom stereocenters. The molecule has 26 heavy (non-hydrogen) atoms. The molecule has 0 amide bonds. The molecule has 0 aromatic heterocycles. The van der Waals surface area contributed by atoms with Gasteiger partial charge in [-0.3, -0.25) is 0 Å². The molecule has 5 nitrogen and oxygen atoms in total. The Morgan fingerprint density at radius 1 is 1.50 bits per heavy atom. The number of carbonyl (C=O) groups excluding carboxylic acids is 1. The normalized spacial score (nSPS) is 33.0. The first-order valence-electron chi connectivity index (χ1n) is 8.99. The third kappa shape index (κ3) is 4.73. The highest BCUT2D eigenvalue weighted by atomic mass is 16.7. The Morgan fingerprint density at radius 3 is 2.85 bits per heavy atom. The zero-order valence-electron chi connectivity index (χ0n) is 15.8. The third-order valence-electron chi connectivity index (χ3n) is 5.68. The molecule has 0 spiro atoms. The van der Waals surface area contributed by atoms with Gasteiger partial charge in [0, 0.05) is 12.7 Å². The molecule has 0 saturated heterocycles. The number of methoxy groups -OCH3 is 1. The van der Waals surface area contributed by atoms with Gasteiger partial charge in [-0.05, 0) is 61.2 Å². The fraction of sp³-hybridized carbons (Fsp3) is 0.524. The molecule has 1 heterocycles. The lowest BCUT2D eigenvalue weighted by Gasteiger charge is -2.36. The van der Waals surface area contributed by atoms with Crippen molar-refractivity contribution in [3.05, 3.63) is 47.6 Å². The molecule has 0 saturated carbocycles. The van der Waals surface area contributed by atoms with Crippen molar-refractivity contribution in [1.29, 1.82) is 0 Å². The van der Waals surface area contributed by atoms with Crippen LogP contribution in [0.15, 0.2) is 47.6 Å². The lowest BCUT2D eigenvalue weighted by atomic mass is 9.69. The first-order valence-corrected chi connectivity index (χ1v) is 8.99. The molecule has 1 aliphatic carbocycles. The van der Waals surface area contributed by atoms with Crippen molar-refractivity contribution in [2.75, 3.05) is 7.11 Å². The van der Waals surface area contributed by atoms with E-state index < -0.39 is 12.3 Å². The highest BCUT2D eigenvalue weighted by Crippen LogP contribution is 2.41. The van der Waals surface area contributed by atoms with Crippen LogP contribution in [0.25, 0.3) is 0 Å². The van der Waals surface area contributed by atoms with Crippen molar-refractivity contribution in [2.45, 2.75) is 52.2 Å². The lowest BCUT2D eigenvalue weighted by Crippen LogP contribution is -2.26. The molecule has 0 fully saturated rings. The Bertz CT molecular complexity index is 670. The Labute approximate surface area is 155 Å². The van der Waals surface area contributed by atoms with E-state index in [9.17, 15) is 14.7 Å². The topological polar surface area (TPSA) is 72.8 Å². The van der Waals surface area contributed by atoms with Gasteiger partial charge in [-0.25, -0.2) is 9.59 Å². The van der Waals surface area contributed by atoms with E-state index >= 15 is 0 Å². The quantitative estimate of drug-likeness (QED) is 0.745. The zero-order valence-corrected chi connectivity index (χ0v) is 15.8. The fourth-order valence-electron chi connectivity index (χ4n) is 3.43. The number of cyclic esters (lactones) is 1. The van der Waals surface area contributed by atoms with Crippen LogP contribution >= 0.6 is 0 Å². The van der Waals surface area contributed by atoms with Gasteiger partial charge in [-0.15, -0.1) is 0 Å². The van der Waals surface area contributed by atoms with E-state index in [0.29, 0.717) is 29.9 Å². The van der Waals surface area contributed by atoms with Gasteiger partial charge in [-0.2, -0.15) is 0 Å². The molecule has 2 rings (SSSR count). The van der Waals surface area contributed by atoms with Gasteiger partial charge >= 0.3 is 11.9 Å². The van der Waals surface area contributed by atoms with E-state index in [1.54, 1.807) is 18.2 Å². The summed E-state index contributed by atoms with van der Waals surface area (Å²) in [4.78, 5) is 23.3. The second-order valence-electron chi connectivity index (χ2n) is 7.42. The van der Waals surface area contributed by atoms with E-state index in [2.05, 4.69) is 20.4 Å². The molecule has 3 atom stereocenters. The largest absolute Gasteiger partial charge is 0.478 e. The lowest BCUT2D eigenvalue weighted by molar-refractivity contribution is -0.155. The summed E-state index contributed by atoms with van der Waals surface area (Å²) in [5.74, 6) is -0.880. The molecular formula is C21H28O5. The number of rotatable bonds is 5. The molecule has 0 aromatic carbocycles. The highest BCUT2D eigenvalue weighted by Gasteiger charge is 2.33. The zero-order chi connectivity index (χ0) is 19.3. The van der Waals surface area contributed by atoms with Crippen molar-refractivity contribution < 1.29 is 24.2 Å². The molecule has 142 valence electrons. The Kier molecular flexibility index (Phi) is 6.59. The van der Waals surface area contributed by atoms with Gasteiger partial charge in [0.15, 0.2) is 0 Å². The maximum Gasteiger partial charge on any atom is 0.336 e. The minimum atomic E-state index is -0.935. The Morgan fingerprint density at radius 2 is 2.23 bits per heavy atom. The molecule has 2 aliphatic rings. The summed E-state index contributed by atoms with van der Waals surface area (Å²) in [6, 6.07) is 0. The van der Waals surface area contributed by atoms with E-state index in [0.717, 1.165) is 19.3 Å². The minimum Gasteiger partial charge on any atom is -0.478 e. The summed E-state index contributed by atoms with van der Waals surface area (Å²) >= 11 is 0. The monoisotopic (exact) mass is 360 g/mol. The molecule has 5 heteroatoms. The summed E-state index contributed by atoms with van der Waals surface area (Å²) < 4.78 is 10.2. The highest BCUT2D eigenvalue weighted by molar-refractivity contribution is 5.92. The van der Waals surface area contributed by atoms with Crippen LogP contribution in [0.3, 0.4) is 0 Å². The number of carbonyl (C=O) groups is 2. The van der Waals surface area contributed by atoms with E-state index in [1.165, 1.54) is 7.11 Å². The van der Waals surface area contributed by atoms with Crippen LogP contribution in [0.5, 0.6) is 0 Å². The van der Waals surface area contributed by atoms with Crippen LogP contribution in [0, 0.1) is 11.3 Å². The molecule has 0 bridgehead atoms. The smallest absolute Gasteiger partial charge is 0.336 e. The van der Waals surface area contributed by atoms with Crippen molar-refractivity contribution in [1.82, 2.24) is 0 Å². The van der Waals surface area contributed by atoms with Gasteiger partial charge in [0.25, 0.3) is 0 Å². The van der Waals surface area contributed by atoms with Crippen molar-refractivity contribution in [3.63, 3.8) is 0 Å². The predicted molar refractivity (Wildman–Crippen MR) is 99.3 cm³/mol. The van der Waals surface area contributed by atoms with Crippen molar-refractivity contribution >= 4 is 11.9 Å². The standard InChI is InChI=1S/C21H28O5/c1-14-8-9-15(2)21(3,11-6-5-7-17(14)19(22)23)12-10-16-13-18(25-4)26-20(16)24/h5-7,13,15,18H,1,8-12H2,2-4H3,(H,22,23)/b6-5-,17-7+. The van der Waals surface area contributed by atoms with Gasteiger partial charge in [0.2, 0.25) is 6.29 Å². The first-order chi connectivity index (χ1) is 12.3. The molecule has 1 N–H and O–H groups in total. The second kappa shape index (κ2) is 8.49. The number of aliphatic carboxylic acids is 1. The number of carboxylic acids is 1.